The first-order valence-electron chi connectivity index (χ1n) is 11.4. The monoisotopic (exact) mass is 468 g/mol. The highest BCUT2D eigenvalue weighted by atomic mass is 35.5. The molecule has 1 aliphatic rings. The van der Waals surface area contributed by atoms with Crippen LogP contribution in [0.15, 0.2) is 51.7 Å². The third-order valence-electron chi connectivity index (χ3n) is 6.13. The number of aryl methyl sites for hydroxylation is 1. The molecule has 2 aromatic carbocycles. The van der Waals surface area contributed by atoms with Crippen LogP contribution >= 0.6 is 11.6 Å². The molecule has 33 heavy (non-hydrogen) atoms. The van der Waals surface area contributed by atoms with Crippen LogP contribution in [0, 0.1) is 6.92 Å². The molecule has 0 amide bonds. The fourth-order valence-corrected chi connectivity index (χ4v) is 4.61. The quantitative estimate of drug-likeness (QED) is 0.265. The Bertz CT molecular complexity index is 1200. The molecule has 7 heteroatoms. The number of benzene rings is 2. The summed E-state index contributed by atoms with van der Waals surface area (Å²) >= 11 is 6.33. The predicted molar refractivity (Wildman–Crippen MR) is 132 cm³/mol. The maximum absolute atomic E-state index is 12.3. The van der Waals surface area contributed by atoms with Crippen LogP contribution in [0.25, 0.3) is 11.0 Å². The number of ketones is 1. The minimum Gasteiger partial charge on any atom is -0.493 e. The first-order chi connectivity index (χ1) is 15.9. The highest BCUT2D eigenvalue weighted by molar-refractivity contribution is 6.33. The number of piperazine rings is 1. The van der Waals surface area contributed by atoms with E-state index in [4.69, 9.17) is 20.8 Å². The normalized spacial score (nSPS) is 14.6. The molecule has 6 nitrogen and oxygen atoms in total. The third kappa shape index (κ3) is 5.40. The zero-order valence-electron chi connectivity index (χ0n) is 19.1. The van der Waals surface area contributed by atoms with Crippen molar-refractivity contribution in [1.29, 1.82) is 0 Å². The molecule has 0 N–H and O–H groups in total. The van der Waals surface area contributed by atoms with E-state index in [1.54, 1.807) is 6.07 Å². The number of unbranched alkanes of at least 4 members (excludes halogenated alkanes) is 1. The van der Waals surface area contributed by atoms with E-state index in [2.05, 4.69) is 15.9 Å². The molecule has 3 aromatic rings. The van der Waals surface area contributed by atoms with Crippen molar-refractivity contribution in [2.24, 2.45) is 0 Å². The standard InChI is InChI=1S/C26H29ClN2O4/c1-18-17-24(31)33-26-20(18)9-10-23(25(26)19(2)30)32-16-6-5-11-28-12-14-29(15-13-28)22-8-4-3-7-21(22)27/h3-4,7-10,17H,5-6,11-16H2,1-2H3. The Morgan fingerprint density at radius 1 is 1.09 bits per heavy atom. The number of ether oxygens (including phenoxy) is 1. The number of hydrogen-bond acceptors (Lipinski definition) is 6. The summed E-state index contributed by atoms with van der Waals surface area (Å²) < 4.78 is 11.3. The molecule has 1 fully saturated rings. The van der Waals surface area contributed by atoms with Gasteiger partial charge in [0.25, 0.3) is 0 Å². The van der Waals surface area contributed by atoms with Gasteiger partial charge in [-0.25, -0.2) is 4.79 Å². The molecule has 0 radical (unpaired) electrons. The van der Waals surface area contributed by atoms with Gasteiger partial charge in [0.2, 0.25) is 0 Å². The average molecular weight is 469 g/mol. The highest BCUT2D eigenvalue weighted by Crippen LogP contribution is 2.30. The zero-order chi connectivity index (χ0) is 23.4. The number of anilines is 1. The summed E-state index contributed by atoms with van der Waals surface area (Å²) in [6.45, 7) is 8.73. The van der Waals surface area contributed by atoms with Gasteiger partial charge in [0.15, 0.2) is 11.4 Å². The second kappa shape index (κ2) is 10.4. The van der Waals surface area contributed by atoms with E-state index >= 15 is 0 Å². The number of hydrogen-bond donors (Lipinski definition) is 0. The van der Waals surface area contributed by atoms with Crippen molar-refractivity contribution in [3.8, 4) is 5.75 Å². The van der Waals surface area contributed by atoms with Crippen LogP contribution in [0.4, 0.5) is 5.69 Å². The van der Waals surface area contributed by atoms with E-state index in [1.165, 1.54) is 13.0 Å². The van der Waals surface area contributed by atoms with Crippen molar-refractivity contribution in [1.82, 2.24) is 4.90 Å². The van der Waals surface area contributed by atoms with Crippen molar-refractivity contribution in [2.45, 2.75) is 26.7 Å². The Balaban J connectivity index is 1.28. The first-order valence-corrected chi connectivity index (χ1v) is 11.7. The topological polar surface area (TPSA) is 63.0 Å². The SMILES string of the molecule is CC(=O)c1c(OCCCCN2CCN(c3ccccc3Cl)CC2)ccc2c(C)cc(=O)oc12. The Morgan fingerprint density at radius 2 is 1.85 bits per heavy atom. The number of halogens is 1. The lowest BCUT2D eigenvalue weighted by molar-refractivity contribution is 0.101. The fourth-order valence-electron chi connectivity index (χ4n) is 4.36. The van der Waals surface area contributed by atoms with Crippen LogP contribution in [-0.2, 0) is 0 Å². The Hall–Kier alpha value is -2.83. The number of para-hydroxylation sites is 1. The average Bonchev–Trinajstić information content (AvgIpc) is 2.79. The van der Waals surface area contributed by atoms with Crippen molar-refractivity contribution in [2.75, 3.05) is 44.2 Å². The van der Waals surface area contributed by atoms with Gasteiger partial charge >= 0.3 is 5.63 Å². The smallest absolute Gasteiger partial charge is 0.336 e. The van der Waals surface area contributed by atoms with Gasteiger partial charge in [-0.15, -0.1) is 0 Å². The Morgan fingerprint density at radius 3 is 2.58 bits per heavy atom. The molecular formula is C26H29ClN2O4. The van der Waals surface area contributed by atoms with Crippen LogP contribution in [-0.4, -0.2) is 50.0 Å². The number of carbonyl (C=O) groups is 1. The molecule has 174 valence electrons. The van der Waals surface area contributed by atoms with Gasteiger partial charge in [0, 0.05) is 37.6 Å². The minimum absolute atomic E-state index is 0.180. The van der Waals surface area contributed by atoms with E-state index < -0.39 is 5.63 Å². The second-order valence-corrected chi connectivity index (χ2v) is 8.86. The summed E-state index contributed by atoms with van der Waals surface area (Å²) in [6.07, 6.45) is 1.88. The number of carbonyl (C=O) groups excluding carboxylic acids is 1. The van der Waals surface area contributed by atoms with E-state index in [0.29, 0.717) is 23.5 Å². The number of nitrogens with zero attached hydrogens (tertiary/aromatic N) is 2. The van der Waals surface area contributed by atoms with Gasteiger partial charge < -0.3 is 14.1 Å². The lowest BCUT2D eigenvalue weighted by Crippen LogP contribution is -2.46. The predicted octanol–water partition coefficient (Wildman–Crippen LogP) is 4.94. The lowest BCUT2D eigenvalue weighted by atomic mass is 10.0. The largest absolute Gasteiger partial charge is 0.493 e. The number of rotatable bonds is 8. The van der Waals surface area contributed by atoms with Gasteiger partial charge in [0.1, 0.15) is 11.3 Å². The zero-order valence-corrected chi connectivity index (χ0v) is 19.9. The summed E-state index contributed by atoms with van der Waals surface area (Å²) in [5.41, 5.74) is 2.07. The molecule has 2 heterocycles. The molecule has 0 atom stereocenters. The van der Waals surface area contributed by atoms with Gasteiger partial charge in [-0.2, -0.15) is 0 Å². The van der Waals surface area contributed by atoms with Crippen molar-refractivity contribution >= 4 is 34.0 Å². The van der Waals surface area contributed by atoms with Crippen LogP contribution in [0.2, 0.25) is 5.02 Å². The van der Waals surface area contributed by atoms with E-state index in [1.807, 2.05) is 31.2 Å². The molecule has 1 aromatic heterocycles. The summed E-state index contributed by atoms with van der Waals surface area (Å²) in [5, 5.41) is 1.55. The molecule has 1 saturated heterocycles. The van der Waals surface area contributed by atoms with Crippen molar-refractivity contribution in [3.63, 3.8) is 0 Å². The van der Waals surface area contributed by atoms with Crippen LogP contribution in [0.1, 0.15) is 35.7 Å². The molecule has 0 saturated carbocycles. The van der Waals surface area contributed by atoms with Crippen LogP contribution in [0.5, 0.6) is 5.75 Å². The highest BCUT2D eigenvalue weighted by Gasteiger charge is 2.19. The van der Waals surface area contributed by atoms with E-state index in [0.717, 1.165) is 67.2 Å². The molecule has 0 unspecified atom stereocenters. The molecule has 1 aliphatic heterocycles. The molecule has 0 spiro atoms. The summed E-state index contributed by atoms with van der Waals surface area (Å²) in [5.74, 6) is 0.290. The molecular weight excluding hydrogens is 440 g/mol. The summed E-state index contributed by atoms with van der Waals surface area (Å²) in [4.78, 5) is 28.9. The molecule has 0 aliphatic carbocycles. The number of fused-ring (bicyclic) bond motifs is 1. The van der Waals surface area contributed by atoms with Crippen molar-refractivity contribution < 1.29 is 13.9 Å². The first kappa shape index (κ1) is 23.3. The van der Waals surface area contributed by atoms with Gasteiger partial charge in [-0.05, 0) is 63.1 Å². The van der Waals surface area contributed by atoms with Gasteiger partial charge in [-0.1, -0.05) is 23.7 Å². The third-order valence-corrected chi connectivity index (χ3v) is 6.44. The minimum atomic E-state index is -0.464. The van der Waals surface area contributed by atoms with Gasteiger partial charge in [-0.3, -0.25) is 9.69 Å². The van der Waals surface area contributed by atoms with Gasteiger partial charge in [0.05, 0.1) is 17.3 Å². The Labute approximate surface area is 198 Å². The summed E-state index contributed by atoms with van der Waals surface area (Å²) in [7, 11) is 0. The molecule has 0 bridgehead atoms. The Kier molecular flexibility index (Phi) is 7.36. The maximum Gasteiger partial charge on any atom is 0.336 e. The van der Waals surface area contributed by atoms with Crippen LogP contribution < -0.4 is 15.3 Å². The fraction of sp³-hybridized carbons (Fsp3) is 0.385. The van der Waals surface area contributed by atoms with E-state index in [9.17, 15) is 9.59 Å². The van der Waals surface area contributed by atoms with Crippen molar-refractivity contribution in [3.05, 3.63) is 69.0 Å². The van der Waals surface area contributed by atoms with Crippen LogP contribution in [0.3, 0.4) is 0 Å². The second-order valence-electron chi connectivity index (χ2n) is 8.46. The lowest BCUT2D eigenvalue weighted by Gasteiger charge is -2.36. The van der Waals surface area contributed by atoms with E-state index in [-0.39, 0.29) is 5.78 Å². The molecule has 4 rings (SSSR count). The number of Topliss-reactive ketones (excluding diaryl/α,β-unsaturated/α-hetero) is 1. The maximum atomic E-state index is 12.3. The summed E-state index contributed by atoms with van der Waals surface area (Å²) in [6, 6.07) is 13.1.